The largest absolute Gasteiger partial charge is 0.379 e. The number of nitrogens with two attached hydrogens (primary N) is 2. The summed E-state index contributed by atoms with van der Waals surface area (Å²) in [5.74, 6) is -2.84. The van der Waals surface area contributed by atoms with Crippen LogP contribution in [0.1, 0.15) is 58.4 Å². The topological polar surface area (TPSA) is 275 Å². The lowest BCUT2D eigenvalue weighted by Gasteiger charge is -2.27. The third-order valence-electron chi connectivity index (χ3n) is 7.70. The van der Waals surface area contributed by atoms with Gasteiger partial charge in [-0.1, -0.05) is 32.9 Å². The second-order valence-corrected chi connectivity index (χ2v) is 12.4. The third kappa shape index (κ3) is 22.7. The van der Waals surface area contributed by atoms with Crippen LogP contribution >= 0.6 is 0 Å². The van der Waals surface area contributed by atoms with Crippen LogP contribution in [-0.4, -0.2) is 130 Å². The third-order valence-corrected chi connectivity index (χ3v) is 7.70. The normalized spacial score (nSPS) is 12.9. The molecule has 0 saturated heterocycles. The van der Waals surface area contributed by atoms with E-state index < -0.39 is 60.0 Å². The Morgan fingerprint density at radius 2 is 1.28 bits per heavy atom. The van der Waals surface area contributed by atoms with Crippen molar-refractivity contribution in [3.05, 3.63) is 29.8 Å². The Bertz CT molecular complexity index is 1210. The van der Waals surface area contributed by atoms with Crippen molar-refractivity contribution in [3.63, 3.8) is 0 Å². The van der Waals surface area contributed by atoms with Crippen molar-refractivity contribution in [3.8, 4) is 0 Å². The monoisotopic (exact) mass is 755 g/mol. The van der Waals surface area contributed by atoms with Crippen LogP contribution in [0, 0.1) is 5.92 Å². The second kappa shape index (κ2) is 28.6. The lowest BCUT2D eigenvalue weighted by Crippen LogP contribution is -2.58. The number of primary amides is 1. The molecular weight excluding hydrogens is 694 g/mol. The molecule has 53 heavy (non-hydrogen) atoms. The number of amides is 6. The number of aliphatic hydroxyl groups is 2. The molecule has 0 spiro atoms. The standard InChI is InChI=1S/C35H61N7O11/c1-4-25-7-9-26(10-8-25)39-32(46)27(6-5-15-38-35(37)49)41-34(48)31(24(2)3)42-33(47)28(11-12-30(44)45)40-29(43)13-16-50-18-20-52-22-23-53-21-19-51-17-14-36/h7-10,24,27-28,30-31,44-45H,4-6,11-23,36H2,1-3H3,(H,39,46)(H,40,43)(H,41,48)(H,42,47)(H3,37,38,49)/t27-,28-,31-/m0/s1. The van der Waals surface area contributed by atoms with E-state index in [4.69, 9.17) is 30.4 Å². The van der Waals surface area contributed by atoms with Gasteiger partial charge in [0.1, 0.15) is 18.1 Å². The highest BCUT2D eigenvalue weighted by atomic mass is 16.6. The minimum atomic E-state index is -1.73. The molecule has 0 heterocycles. The highest BCUT2D eigenvalue weighted by Crippen LogP contribution is 2.13. The Kier molecular flexibility index (Phi) is 25.4. The van der Waals surface area contributed by atoms with Gasteiger partial charge in [-0.25, -0.2) is 4.79 Å². The van der Waals surface area contributed by atoms with Crippen molar-refractivity contribution < 1.29 is 53.1 Å². The van der Waals surface area contributed by atoms with Gasteiger partial charge in [0, 0.05) is 31.6 Å². The number of rotatable bonds is 30. The summed E-state index contributed by atoms with van der Waals surface area (Å²) in [6, 6.07) is 3.18. The predicted octanol–water partition coefficient (Wildman–Crippen LogP) is -0.747. The first kappa shape index (κ1) is 47.1. The molecule has 0 saturated carbocycles. The van der Waals surface area contributed by atoms with Crippen LogP contribution < -0.4 is 38.1 Å². The Morgan fingerprint density at radius 3 is 1.81 bits per heavy atom. The minimum absolute atomic E-state index is 0.0410. The Hall–Kier alpha value is -3.91. The highest BCUT2D eigenvalue weighted by molar-refractivity contribution is 5.99. The molecule has 0 aliphatic carbocycles. The molecule has 18 nitrogen and oxygen atoms in total. The molecular formula is C35H61N7O11. The summed E-state index contributed by atoms with van der Waals surface area (Å²) >= 11 is 0. The number of aryl methyl sites for hydroxylation is 1. The smallest absolute Gasteiger partial charge is 0.312 e. The van der Waals surface area contributed by atoms with Gasteiger partial charge in [0.15, 0.2) is 6.29 Å². The molecule has 11 N–H and O–H groups in total. The first-order valence-electron chi connectivity index (χ1n) is 18.1. The number of ether oxygens (including phenoxy) is 4. The van der Waals surface area contributed by atoms with Crippen molar-refractivity contribution in [2.45, 2.75) is 83.7 Å². The molecule has 0 aliphatic rings. The van der Waals surface area contributed by atoms with Gasteiger partial charge < -0.3 is 67.2 Å². The van der Waals surface area contributed by atoms with Crippen LogP contribution in [-0.2, 0) is 44.5 Å². The van der Waals surface area contributed by atoms with Crippen molar-refractivity contribution >= 4 is 35.3 Å². The van der Waals surface area contributed by atoms with E-state index in [0.717, 1.165) is 12.0 Å². The van der Waals surface area contributed by atoms with Crippen LogP contribution in [0.2, 0.25) is 0 Å². The number of anilines is 1. The van der Waals surface area contributed by atoms with Crippen molar-refractivity contribution in [2.24, 2.45) is 17.4 Å². The minimum Gasteiger partial charge on any atom is -0.379 e. The fraction of sp³-hybridized carbons (Fsp3) is 0.686. The predicted molar refractivity (Wildman–Crippen MR) is 196 cm³/mol. The van der Waals surface area contributed by atoms with Gasteiger partial charge in [-0.05, 0) is 49.3 Å². The molecule has 3 atom stereocenters. The number of benzene rings is 1. The number of carbonyl (C=O) groups excluding carboxylic acids is 5. The number of carbonyl (C=O) groups is 5. The molecule has 302 valence electrons. The van der Waals surface area contributed by atoms with Gasteiger partial charge in [-0.3, -0.25) is 19.2 Å². The fourth-order valence-corrected chi connectivity index (χ4v) is 4.75. The average molecular weight is 756 g/mol. The van der Waals surface area contributed by atoms with E-state index in [1.54, 1.807) is 26.0 Å². The van der Waals surface area contributed by atoms with E-state index in [9.17, 15) is 34.2 Å². The highest BCUT2D eigenvalue weighted by Gasteiger charge is 2.31. The molecule has 0 aliphatic heterocycles. The zero-order chi connectivity index (χ0) is 39.4. The van der Waals surface area contributed by atoms with Crippen LogP contribution in [0.3, 0.4) is 0 Å². The summed E-state index contributed by atoms with van der Waals surface area (Å²) in [6.07, 6.45) is -0.902. The van der Waals surface area contributed by atoms with E-state index in [1.165, 1.54) is 0 Å². The fourth-order valence-electron chi connectivity index (χ4n) is 4.75. The number of aliphatic hydroxyl groups excluding tert-OH is 1. The van der Waals surface area contributed by atoms with Gasteiger partial charge in [-0.15, -0.1) is 0 Å². The van der Waals surface area contributed by atoms with E-state index in [0.29, 0.717) is 51.7 Å². The lowest BCUT2D eigenvalue weighted by molar-refractivity contribution is -0.134. The zero-order valence-electron chi connectivity index (χ0n) is 31.2. The Labute approximate surface area is 311 Å². The van der Waals surface area contributed by atoms with Crippen molar-refractivity contribution in [2.75, 3.05) is 71.3 Å². The number of hydrogen-bond donors (Lipinski definition) is 9. The Morgan fingerprint density at radius 1 is 0.717 bits per heavy atom. The van der Waals surface area contributed by atoms with Gasteiger partial charge in [0.25, 0.3) is 0 Å². The molecule has 1 rings (SSSR count). The maximum Gasteiger partial charge on any atom is 0.312 e. The number of hydrogen-bond acceptors (Lipinski definition) is 12. The molecule has 6 amide bonds. The molecule has 0 unspecified atom stereocenters. The van der Waals surface area contributed by atoms with Gasteiger partial charge in [0.2, 0.25) is 23.6 Å². The Balaban J connectivity index is 2.76. The summed E-state index contributed by atoms with van der Waals surface area (Å²) in [7, 11) is 0. The molecule has 0 fully saturated rings. The summed E-state index contributed by atoms with van der Waals surface area (Å²) in [6.45, 7) is 8.70. The summed E-state index contributed by atoms with van der Waals surface area (Å²) < 4.78 is 21.4. The average Bonchev–Trinajstić information content (AvgIpc) is 3.11. The molecule has 1 aromatic rings. The SMILES string of the molecule is CCc1ccc(NC(=O)[C@H](CCCNC(N)=O)NC(=O)[C@@H](NC(=O)[C@H](CCC(O)O)NC(=O)CCOCCOCCOCCOCCN)C(C)C)cc1. The molecule has 18 heteroatoms. The van der Waals surface area contributed by atoms with E-state index in [-0.39, 0.29) is 52.0 Å². The van der Waals surface area contributed by atoms with E-state index in [1.807, 2.05) is 19.1 Å². The van der Waals surface area contributed by atoms with Crippen molar-refractivity contribution in [1.82, 2.24) is 21.3 Å². The van der Waals surface area contributed by atoms with Crippen LogP contribution in [0.15, 0.2) is 24.3 Å². The van der Waals surface area contributed by atoms with Crippen molar-refractivity contribution in [1.29, 1.82) is 0 Å². The number of nitrogens with one attached hydrogen (secondary N) is 5. The molecule has 0 aromatic heterocycles. The summed E-state index contributed by atoms with van der Waals surface area (Å²) in [4.78, 5) is 64.1. The van der Waals surface area contributed by atoms with E-state index >= 15 is 0 Å². The maximum absolute atomic E-state index is 13.6. The first-order chi connectivity index (χ1) is 25.4. The van der Waals surface area contributed by atoms with Crippen LogP contribution in [0.4, 0.5) is 10.5 Å². The molecule has 0 radical (unpaired) electrons. The molecule has 1 aromatic carbocycles. The van der Waals surface area contributed by atoms with Crippen LogP contribution in [0.25, 0.3) is 0 Å². The van der Waals surface area contributed by atoms with Gasteiger partial charge in [-0.2, -0.15) is 0 Å². The number of urea groups is 1. The maximum atomic E-state index is 13.6. The van der Waals surface area contributed by atoms with Crippen LogP contribution in [0.5, 0.6) is 0 Å². The summed E-state index contributed by atoms with van der Waals surface area (Å²) in [5, 5.41) is 32.1. The molecule has 0 bridgehead atoms. The quantitative estimate of drug-likeness (QED) is 0.0347. The van der Waals surface area contributed by atoms with Gasteiger partial charge in [0.05, 0.1) is 52.9 Å². The first-order valence-corrected chi connectivity index (χ1v) is 18.1. The van der Waals surface area contributed by atoms with E-state index in [2.05, 4.69) is 26.6 Å². The lowest BCUT2D eigenvalue weighted by atomic mass is 10.0. The summed E-state index contributed by atoms with van der Waals surface area (Å²) in [5.41, 5.74) is 12.1. The second-order valence-electron chi connectivity index (χ2n) is 12.4. The van der Waals surface area contributed by atoms with Gasteiger partial charge >= 0.3 is 6.03 Å². The zero-order valence-corrected chi connectivity index (χ0v) is 31.2.